The van der Waals surface area contributed by atoms with E-state index in [0.717, 1.165) is 42.7 Å². The lowest BCUT2D eigenvalue weighted by Gasteiger charge is -2.31. The highest BCUT2D eigenvalue weighted by atomic mass is 16.5. The summed E-state index contributed by atoms with van der Waals surface area (Å²) in [6, 6.07) is 6.10. The molecule has 1 unspecified atom stereocenters. The van der Waals surface area contributed by atoms with Gasteiger partial charge in [-0.3, -0.25) is 4.79 Å². The number of carbonyl (C=O) groups is 1. The maximum absolute atomic E-state index is 12.3. The van der Waals surface area contributed by atoms with Crippen LogP contribution in [-0.2, 0) is 6.42 Å². The number of fused-ring (bicyclic) bond motifs is 1. The molecule has 1 aliphatic rings. The van der Waals surface area contributed by atoms with Gasteiger partial charge in [0.2, 0.25) is 0 Å². The largest absolute Gasteiger partial charge is 0.494 e. The van der Waals surface area contributed by atoms with Gasteiger partial charge in [-0.05, 0) is 48.4 Å². The van der Waals surface area contributed by atoms with Crippen molar-refractivity contribution in [2.75, 3.05) is 6.61 Å². The summed E-state index contributed by atoms with van der Waals surface area (Å²) in [5, 5.41) is 3.14. The maximum atomic E-state index is 12.3. The van der Waals surface area contributed by atoms with Crippen molar-refractivity contribution < 1.29 is 9.53 Å². The minimum Gasteiger partial charge on any atom is -0.494 e. The molecule has 0 bridgehead atoms. The Morgan fingerprint density at radius 1 is 1.22 bits per heavy atom. The quantitative estimate of drug-likeness (QED) is 0.738. The van der Waals surface area contributed by atoms with E-state index >= 15 is 0 Å². The van der Waals surface area contributed by atoms with Gasteiger partial charge in [-0.1, -0.05) is 47.0 Å². The van der Waals surface area contributed by atoms with E-state index < -0.39 is 0 Å². The van der Waals surface area contributed by atoms with Gasteiger partial charge in [0.05, 0.1) is 6.61 Å². The second kappa shape index (κ2) is 7.85. The SMILES string of the molecule is CCCCCCOc1ccc2c(c1)CC(CC(C)(C)C)NC2=O. The second-order valence-corrected chi connectivity index (χ2v) is 7.87. The lowest BCUT2D eigenvalue weighted by Crippen LogP contribution is -2.43. The van der Waals surface area contributed by atoms with E-state index in [-0.39, 0.29) is 17.4 Å². The van der Waals surface area contributed by atoms with E-state index in [2.05, 4.69) is 39.1 Å². The van der Waals surface area contributed by atoms with Gasteiger partial charge in [0.25, 0.3) is 5.91 Å². The molecule has 1 aromatic carbocycles. The number of carbonyl (C=O) groups excluding carboxylic acids is 1. The van der Waals surface area contributed by atoms with Crippen molar-refractivity contribution in [2.24, 2.45) is 5.41 Å². The third kappa shape index (κ3) is 5.56. The van der Waals surface area contributed by atoms with E-state index in [4.69, 9.17) is 4.74 Å². The van der Waals surface area contributed by atoms with Gasteiger partial charge in [-0.25, -0.2) is 0 Å². The zero-order valence-corrected chi connectivity index (χ0v) is 15.1. The number of hydrogen-bond acceptors (Lipinski definition) is 2. The van der Waals surface area contributed by atoms with Gasteiger partial charge in [0, 0.05) is 11.6 Å². The molecule has 0 aliphatic carbocycles. The summed E-state index contributed by atoms with van der Waals surface area (Å²) >= 11 is 0. The fourth-order valence-electron chi connectivity index (χ4n) is 3.21. The summed E-state index contributed by atoms with van der Waals surface area (Å²) in [5.41, 5.74) is 2.13. The van der Waals surface area contributed by atoms with E-state index in [1.807, 2.05) is 12.1 Å². The van der Waals surface area contributed by atoms with Crippen LogP contribution in [-0.4, -0.2) is 18.6 Å². The molecule has 1 aliphatic heterocycles. The number of ether oxygens (including phenoxy) is 1. The summed E-state index contributed by atoms with van der Waals surface area (Å²) in [7, 11) is 0. The summed E-state index contributed by atoms with van der Waals surface area (Å²) in [6.07, 6.45) is 6.70. The molecule has 3 nitrogen and oxygen atoms in total. The van der Waals surface area contributed by atoms with E-state index in [0.29, 0.717) is 0 Å². The van der Waals surface area contributed by atoms with Crippen LogP contribution in [0, 0.1) is 5.41 Å². The van der Waals surface area contributed by atoms with Gasteiger partial charge in [0.1, 0.15) is 5.75 Å². The van der Waals surface area contributed by atoms with Gasteiger partial charge in [0.15, 0.2) is 0 Å². The zero-order chi connectivity index (χ0) is 16.9. The molecule has 3 heteroatoms. The standard InChI is InChI=1S/C20H31NO2/c1-5-6-7-8-11-23-17-9-10-18-15(13-17)12-16(21-19(18)22)14-20(2,3)4/h9-10,13,16H,5-8,11-12,14H2,1-4H3,(H,21,22). The average molecular weight is 317 g/mol. The molecule has 23 heavy (non-hydrogen) atoms. The molecule has 128 valence electrons. The zero-order valence-electron chi connectivity index (χ0n) is 15.1. The Labute approximate surface area is 140 Å². The van der Waals surface area contributed by atoms with Crippen LogP contribution in [0.25, 0.3) is 0 Å². The number of benzene rings is 1. The molecule has 0 spiro atoms. The van der Waals surface area contributed by atoms with Crippen molar-refractivity contribution in [3.8, 4) is 5.75 Å². The summed E-state index contributed by atoms with van der Waals surface area (Å²) in [5.74, 6) is 0.944. The molecule has 1 aromatic rings. The van der Waals surface area contributed by atoms with E-state index in [1.165, 1.54) is 19.3 Å². The van der Waals surface area contributed by atoms with Crippen LogP contribution in [0.5, 0.6) is 5.75 Å². The first-order chi connectivity index (χ1) is 10.9. The first-order valence-corrected chi connectivity index (χ1v) is 8.95. The van der Waals surface area contributed by atoms with Crippen LogP contribution in [0.15, 0.2) is 18.2 Å². The summed E-state index contributed by atoms with van der Waals surface area (Å²) in [4.78, 5) is 12.3. The predicted octanol–water partition coefficient (Wildman–Crippen LogP) is 4.74. The minimum atomic E-state index is 0.0509. The molecule has 1 N–H and O–H groups in total. The molecule has 0 fully saturated rings. The number of rotatable bonds is 7. The first kappa shape index (κ1) is 17.8. The lowest BCUT2D eigenvalue weighted by atomic mass is 9.83. The topological polar surface area (TPSA) is 38.3 Å². The monoisotopic (exact) mass is 317 g/mol. The van der Waals surface area contributed by atoms with Crippen LogP contribution < -0.4 is 10.1 Å². The lowest BCUT2D eigenvalue weighted by molar-refractivity contribution is 0.0913. The number of hydrogen-bond donors (Lipinski definition) is 1. The molecule has 1 atom stereocenters. The highest BCUT2D eigenvalue weighted by molar-refractivity contribution is 5.97. The van der Waals surface area contributed by atoms with E-state index in [9.17, 15) is 4.79 Å². The Kier molecular flexibility index (Phi) is 6.09. The highest BCUT2D eigenvalue weighted by Gasteiger charge is 2.27. The smallest absolute Gasteiger partial charge is 0.251 e. The van der Waals surface area contributed by atoms with Gasteiger partial charge < -0.3 is 10.1 Å². The van der Waals surface area contributed by atoms with Crippen molar-refractivity contribution in [1.82, 2.24) is 5.32 Å². The Hall–Kier alpha value is -1.51. The third-order valence-corrected chi connectivity index (χ3v) is 4.25. The summed E-state index contributed by atoms with van der Waals surface area (Å²) < 4.78 is 5.86. The Morgan fingerprint density at radius 3 is 2.70 bits per heavy atom. The Morgan fingerprint density at radius 2 is 2.00 bits per heavy atom. The van der Waals surface area contributed by atoms with Crippen molar-refractivity contribution in [3.05, 3.63) is 29.3 Å². The van der Waals surface area contributed by atoms with Crippen LogP contribution in [0.3, 0.4) is 0 Å². The van der Waals surface area contributed by atoms with Crippen molar-refractivity contribution in [1.29, 1.82) is 0 Å². The Bertz CT molecular complexity index is 531. The fraction of sp³-hybridized carbons (Fsp3) is 0.650. The predicted molar refractivity (Wildman–Crippen MR) is 95.1 cm³/mol. The molecule has 0 radical (unpaired) electrons. The second-order valence-electron chi connectivity index (χ2n) is 7.87. The molecule has 0 saturated heterocycles. The normalized spacial score (nSPS) is 17.6. The molecule has 1 amide bonds. The Balaban J connectivity index is 1.98. The molecular formula is C20H31NO2. The highest BCUT2D eigenvalue weighted by Crippen LogP contribution is 2.28. The first-order valence-electron chi connectivity index (χ1n) is 8.95. The van der Waals surface area contributed by atoms with Crippen molar-refractivity contribution >= 4 is 5.91 Å². The van der Waals surface area contributed by atoms with Gasteiger partial charge >= 0.3 is 0 Å². The number of unbranched alkanes of at least 4 members (excludes halogenated alkanes) is 3. The van der Waals surface area contributed by atoms with Crippen LogP contribution in [0.1, 0.15) is 75.7 Å². The van der Waals surface area contributed by atoms with Crippen LogP contribution in [0.4, 0.5) is 0 Å². The minimum absolute atomic E-state index is 0.0509. The average Bonchev–Trinajstić information content (AvgIpc) is 2.45. The fourth-order valence-corrected chi connectivity index (χ4v) is 3.21. The van der Waals surface area contributed by atoms with Gasteiger partial charge in [-0.15, -0.1) is 0 Å². The van der Waals surface area contributed by atoms with E-state index in [1.54, 1.807) is 0 Å². The molecule has 0 aromatic heterocycles. The van der Waals surface area contributed by atoms with Crippen molar-refractivity contribution in [3.63, 3.8) is 0 Å². The van der Waals surface area contributed by atoms with Crippen LogP contribution >= 0.6 is 0 Å². The summed E-state index contributed by atoms with van der Waals surface area (Å²) in [6.45, 7) is 9.61. The third-order valence-electron chi connectivity index (χ3n) is 4.25. The molecule has 1 heterocycles. The molecular weight excluding hydrogens is 286 g/mol. The molecule has 0 saturated carbocycles. The number of amides is 1. The van der Waals surface area contributed by atoms with Crippen LogP contribution in [0.2, 0.25) is 0 Å². The van der Waals surface area contributed by atoms with Gasteiger partial charge in [-0.2, -0.15) is 0 Å². The number of nitrogens with one attached hydrogen (secondary N) is 1. The van der Waals surface area contributed by atoms with Crippen molar-refractivity contribution in [2.45, 2.75) is 72.3 Å². The molecule has 2 rings (SSSR count). The maximum Gasteiger partial charge on any atom is 0.251 e.